The number of aromatic nitrogens is 2. The lowest BCUT2D eigenvalue weighted by atomic mass is 10.1. The zero-order valence-electron chi connectivity index (χ0n) is 16.0. The van der Waals surface area contributed by atoms with Gasteiger partial charge in [-0.2, -0.15) is 0 Å². The minimum Gasteiger partial charge on any atom is -0.383 e. The molecule has 7 heteroatoms. The molecule has 148 valence electrons. The molecule has 0 aliphatic carbocycles. The summed E-state index contributed by atoms with van der Waals surface area (Å²) in [7, 11) is 0. The maximum absolute atomic E-state index is 12.6. The van der Waals surface area contributed by atoms with Gasteiger partial charge < -0.3 is 10.6 Å². The van der Waals surface area contributed by atoms with Crippen LogP contribution < -0.4 is 5.73 Å². The van der Waals surface area contributed by atoms with Crippen LogP contribution in [0.25, 0.3) is 17.0 Å². The second-order valence-corrected chi connectivity index (χ2v) is 7.55. The van der Waals surface area contributed by atoms with Crippen LogP contribution >= 0.6 is 11.6 Å². The van der Waals surface area contributed by atoms with E-state index in [1.54, 1.807) is 0 Å². The Hall–Kier alpha value is -2.96. The van der Waals surface area contributed by atoms with Crippen molar-refractivity contribution in [2.45, 2.75) is 6.54 Å². The average molecular weight is 408 g/mol. The molecule has 0 saturated carbocycles. The molecular formula is C22H22ClN5O. The molecule has 3 aromatic rings. The zero-order valence-corrected chi connectivity index (χ0v) is 16.7. The molecule has 4 rings (SSSR count). The summed E-state index contributed by atoms with van der Waals surface area (Å²) in [5.41, 5.74) is 8.82. The molecule has 0 bridgehead atoms. The van der Waals surface area contributed by atoms with Gasteiger partial charge in [-0.05, 0) is 35.4 Å². The number of nitrogens with zero attached hydrogens (tertiary/aromatic N) is 4. The number of benzene rings is 2. The number of fused-ring (bicyclic) bond motifs is 1. The van der Waals surface area contributed by atoms with Crippen molar-refractivity contribution in [2.24, 2.45) is 0 Å². The summed E-state index contributed by atoms with van der Waals surface area (Å²) in [5.74, 6) is 0.608. The monoisotopic (exact) mass is 407 g/mol. The van der Waals surface area contributed by atoms with Crippen molar-refractivity contribution < 1.29 is 4.79 Å². The molecule has 1 saturated heterocycles. The first-order chi connectivity index (χ1) is 14.1. The summed E-state index contributed by atoms with van der Waals surface area (Å²) in [4.78, 5) is 24.9. The molecule has 2 N–H and O–H groups in total. The van der Waals surface area contributed by atoms with E-state index in [1.807, 2.05) is 47.4 Å². The first kappa shape index (κ1) is 19.4. The number of piperazine rings is 1. The summed E-state index contributed by atoms with van der Waals surface area (Å²) < 4.78 is 0. The smallest absolute Gasteiger partial charge is 0.237 e. The Labute approximate surface area is 174 Å². The molecule has 2 heterocycles. The van der Waals surface area contributed by atoms with E-state index in [4.69, 9.17) is 17.3 Å². The van der Waals surface area contributed by atoms with Gasteiger partial charge >= 0.3 is 0 Å². The minimum absolute atomic E-state index is 0.137. The average Bonchev–Trinajstić information content (AvgIpc) is 2.72. The van der Waals surface area contributed by atoms with Gasteiger partial charge in [0, 0.05) is 36.6 Å². The second kappa shape index (κ2) is 8.59. The van der Waals surface area contributed by atoms with Crippen LogP contribution in [0, 0.1) is 0 Å². The fourth-order valence-electron chi connectivity index (χ4n) is 3.43. The van der Waals surface area contributed by atoms with Gasteiger partial charge in [-0.1, -0.05) is 42.0 Å². The third-order valence-corrected chi connectivity index (χ3v) is 5.30. The second-order valence-electron chi connectivity index (χ2n) is 7.11. The Morgan fingerprint density at radius 1 is 1.10 bits per heavy atom. The maximum Gasteiger partial charge on any atom is 0.237 e. The number of anilines is 1. The number of nitrogen functional groups attached to an aromatic ring is 1. The van der Waals surface area contributed by atoms with Crippen molar-refractivity contribution in [1.82, 2.24) is 19.8 Å². The van der Waals surface area contributed by atoms with Crippen molar-refractivity contribution in [1.29, 1.82) is 0 Å². The molecule has 1 aliphatic rings. The number of nitrogens with two attached hydrogens (primary N) is 1. The molecule has 0 unspecified atom stereocenters. The zero-order chi connectivity index (χ0) is 20.2. The van der Waals surface area contributed by atoms with E-state index >= 15 is 0 Å². The van der Waals surface area contributed by atoms with Crippen molar-refractivity contribution in [3.05, 3.63) is 71.0 Å². The van der Waals surface area contributed by atoms with Gasteiger partial charge in [0.15, 0.2) is 0 Å². The maximum atomic E-state index is 12.6. The molecule has 6 nitrogen and oxygen atoms in total. The van der Waals surface area contributed by atoms with E-state index in [2.05, 4.69) is 27.0 Å². The molecule has 1 aromatic heterocycles. The van der Waals surface area contributed by atoms with E-state index in [9.17, 15) is 4.79 Å². The van der Waals surface area contributed by atoms with E-state index in [1.165, 1.54) is 6.33 Å². The number of hydrogen-bond acceptors (Lipinski definition) is 5. The van der Waals surface area contributed by atoms with Crippen LogP contribution in [0.4, 0.5) is 5.82 Å². The summed E-state index contributed by atoms with van der Waals surface area (Å²) in [5, 5.41) is 1.56. The fraction of sp³-hybridized carbons (Fsp3) is 0.227. The van der Waals surface area contributed by atoms with Crippen LogP contribution in [0.1, 0.15) is 11.1 Å². The lowest BCUT2D eigenvalue weighted by Gasteiger charge is -2.33. The van der Waals surface area contributed by atoms with Gasteiger partial charge in [0.2, 0.25) is 5.91 Å². The van der Waals surface area contributed by atoms with Gasteiger partial charge in [-0.25, -0.2) is 9.97 Å². The highest BCUT2D eigenvalue weighted by atomic mass is 35.5. The third-order valence-electron chi connectivity index (χ3n) is 5.05. The quantitative estimate of drug-likeness (QED) is 0.702. The van der Waals surface area contributed by atoms with Crippen molar-refractivity contribution in [2.75, 3.05) is 31.9 Å². The van der Waals surface area contributed by atoms with Crippen molar-refractivity contribution in [3.8, 4) is 0 Å². The SMILES string of the molecule is Nc1ncnc2cc(CN3CCN(CC=Cc4ccc(Cl)cc4)CC3=O)ccc12. The Balaban J connectivity index is 1.33. The topological polar surface area (TPSA) is 75.3 Å². The van der Waals surface area contributed by atoms with Gasteiger partial charge in [-0.15, -0.1) is 0 Å². The molecule has 29 heavy (non-hydrogen) atoms. The van der Waals surface area contributed by atoms with Crippen LogP contribution in [-0.4, -0.2) is 51.9 Å². The lowest BCUT2D eigenvalue weighted by Crippen LogP contribution is -2.49. The van der Waals surface area contributed by atoms with Crippen LogP contribution in [-0.2, 0) is 11.3 Å². The summed E-state index contributed by atoms with van der Waals surface area (Å²) in [6, 6.07) is 13.6. The minimum atomic E-state index is 0.137. The predicted molar refractivity (Wildman–Crippen MR) is 116 cm³/mol. The molecular weight excluding hydrogens is 386 g/mol. The normalized spacial score (nSPS) is 15.5. The number of carbonyl (C=O) groups excluding carboxylic acids is 1. The summed E-state index contributed by atoms with van der Waals surface area (Å²) in [6.07, 6.45) is 5.60. The molecule has 1 fully saturated rings. The highest BCUT2D eigenvalue weighted by molar-refractivity contribution is 6.30. The highest BCUT2D eigenvalue weighted by Crippen LogP contribution is 2.19. The molecule has 0 spiro atoms. The van der Waals surface area contributed by atoms with Crippen molar-refractivity contribution >= 4 is 40.3 Å². The Bertz CT molecular complexity index is 1050. The first-order valence-corrected chi connectivity index (χ1v) is 9.87. The van der Waals surface area contributed by atoms with Crippen molar-refractivity contribution in [3.63, 3.8) is 0 Å². The molecule has 0 radical (unpaired) electrons. The predicted octanol–water partition coefficient (Wildman–Crippen LogP) is 3.22. The number of amides is 1. The Morgan fingerprint density at radius 2 is 1.93 bits per heavy atom. The standard InChI is InChI=1S/C22H22ClN5O/c23-18-6-3-16(4-7-18)2-1-9-27-10-11-28(21(29)14-27)13-17-5-8-19-20(12-17)25-15-26-22(19)24/h1-8,12,15H,9-11,13-14H2,(H2,24,25,26). The fourth-order valence-corrected chi connectivity index (χ4v) is 3.56. The van der Waals surface area contributed by atoms with E-state index in [0.29, 0.717) is 25.5 Å². The summed E-state index contributed by atoms with van der Waals surface area (Å²) >= 11 is 5.90. The Kier molecular flexibility index (Phi) is 5.74. The van der Waals surface area contributed by atoms with Gasteiger partial charge in [0.1, 0.15) is 12.1 Å². The molecule has 2 aromatic carbocycles. The molecule has 1 aliphatic heterocycles. The highest BCUT2D eigenvalue weighted by Gasteiger charge is 2.23. The van der Waals surface area contributed by atoms with E-state index in [-0.39, 0.29) is 5.91 Å². The number of hydrogen-bond donors (Lipinski definition) is 1. The summed E-state index contributed by atoms with van der Waals surface area (Å²) in [6.45, 7) is 3.30. The Morgan fingerprint density at radius 3 is 2.72 bits per heavy atom. The molecule has 0 atom stereocenters. The number of halogens is 1. The van der Waals surface area contributed by atoms with Crippen LogP contribution in [0.5, 0.6) is 0 Å². The van der Waals surface area contributed by atoms with Gasteiger partial charge in [-0.3, -0.25) is 9.69 Å². The first-order valence-electron chi connectivity index (χ1n) is 9.50. The third kappa shape index (κ3) is 4.72. The van der Waals surface area contributed by atoms with Gasteiger partial charge in [0.25, 0.3) is 0 Å². The number of carbonyl (C=O) groups is 1. The molecule has 1 amide bonds. The van der Waals surface area contributed by atoms with Gasteiger partial charge in [0.05, 0.1) is 12.1 Å². The van der Waals surface area contributed by atoms with Crippen LogP contribution in [0.2, 0.25) is 5.02 Å². The van der Waals surface area contributed by atoms with E-state index in [0.717, 1.165) is 40.1 Å². The lowest BCUT2D eigenvalue weighted by molar-refractivity contribution is -0.136. The van der Waals surface area contributed by atoms with Crippen LogP contribution in [0.15, 0.2) is 54.9 Å². The van der Waals surface area contributed by atoms with E-state index < -0.39 is 0 Å². The van der Waals surface area contributed by atoms with Crippen LogP contribution in [0.3, 0.4) is 0 Å². The number of rotatable bonds is 5. The largest absolute Gasteiger partial charge is 0.383 e.